The molecule has 4 heteroatoms. The van der Waals surface area contributed by atoms with Crippen molar-refractivity contribution in [1.82, 2.24) is 15.1 Å². The van der Waals surface area contributed by atoms with Crippen LogP contribution in [-0.2, 0) is 6.54 Å². The first-order chi connectivity index (χ1) is 10.2. The van der Waals surface area contributed by atoms with Crippen molar-refractivity contribution >= 4 is 11.6 Å². The molecule has 1 N–H and O–H groups in total. The molecular weight excluding hydrogens is 282 g/mol. The van der Waals surface area contributed by atoms with Gasteiger partial charge in [-0.15, -0.1) is 11.6 Å². The maximum Gasteiger partial charge on any atom is 0.0762 e. The summed E-state index contributed by atoms with van der Waals surface area (Å²) in [6.07, 6.45) is 11.1. The molecule has 1 saturated carbocycles. The summed E-state index contributed by atoms with van der Waals surface area (Å²) in [5, 5.41) is 8.30. The molecule has 2 rings (SSSR count). The van der Waals surface area contributed by atoms with Crippen molar-refractivity contribution in [2.45, 2.75) is 71.4 Å². The van der Waals surface area contributed by atoms with E-state index in [-0.39, 0.29) is 5.41 Å². The fourth-order valence-corrected chi connectivity index (χ4v) is 3.69. The second kappa shape index (κ2) is 8.19. The lowest BCUT2D eigenvalue weighted by atomic mass is 9.84. The van der Waals surface area contributed by atoms with Gasteiger partial charge in [-0.3, -0.25) is 4.68 Å². The highest BCUT2D eigenvalue weighted by Gasteiger charge is 2.24. The van der Waals surface area contributed by atoms with Gasteiger partial charge in [0.15, 0.2) is 0 Å². The minimum Gasteiger partial charge on any atom is -0.311 e. The lowest BCUT2D eigenvalue weighted by molar-refractivity contribution is 0.285. The van der Waals surface area contributed by atoms with E-state index in [4.69, 9.17) is 16.7 Å². The predicted octanol–water partition coefficient (Wildman–Crippen LogP) is 4.52. The van der Waals surface area contributed by atoms with Crippen molar-refractivity contribution in [1.29, 1.82) is 0 Å². The molecule has 1 aliphatic rings. The van der Waals surface area contributed by atoms with E-state index < -0.39 is 0 Å². The first-order valence-electron chi connectivity index (χ1n) is 8.53. The van der Waals surface area contributed by atoms with Gasteiger partial charge >= 0.3 is 0 Å². The van der Waals surface area contributed by atoms with Crippen LogP contribution in [-0.4, -0.2) is 22.2 Å². The summed E-state index contributed by atoms with van der Waals surface area (Å²) < 4.78 is 2.19. The van der Waals surface area contributed by atoms with Gasteiger partial charge in [0.25, 0.3) is 0 Å². The molecule has 0 unspecified atom stereocenters. The van der Waals surface area contributed by atoms with E-state index in [2.05, 4.69) is 36.1 Å². The molecule has 0 atom stereocenters. The minimum absolute atomic E-state index is 0.230. The number of aromatic nitrogens is 2. The van der Waals surface area contributed by atoms with Crippen LogP contribution < -0.4 is 5.32 Å². The zero-order valence-corrected chi connectivity index (χ0v) is 14.3. The number of hydrogen-bond donors (Lipinski definition) is 1. The highest BCUT2D eigenvalue weighted by Crippen LogP contribution is 2.28. The summed E-state index contributed by atoms with van der Waals surface area (Å²) in [5.74, 6) is 0.726. The molecule has 1 aromatic heterocycles. The average molecular weight is 312 g/mol. The van der Waals surface area contributed by atoms with Crippen LogP contribution in [0.4, 0.5) is 0 Å². The van der Waals surface area contributed by atoms with Gasteiger partial charge in [0.05, 0.1) is 11.7 Å². The standard InChI is InChI=1S/C17H30ClN3/c1-3-17(4-2,13-18)14-19-12-15-10-11-21(20-15)16-8-6-5-7-9-16/h10-11,16,19H,3-9,12-14H2,1-2H3. The van der Waals surface area contributed by atoms with Crippen molar-refractivity contribution in [3.05, 3.63) is 18.0 Å². The van der Waals surface area contributed by atoms with Crippen molar-refractivity contribution in [3.63, 3.8) is 0 Å². The zero-order valence-electron chi connectivity index (χ0n) is 13.6. The number of nitrogens with zero attached hydrogens (tertiary/aromatic N) is 2. The summed E-state index contributed by atoms with van der Waals surface area (Å²) in [6, 6.07) is 2.78. The average Bonchev–Trinajstić information content (AvgIpc) is 3.02. The number of rotatable bonds is 8. The van der Waals surface area contributed by atoms with Gasteiger partial charge in [0.2, 0.25) is 0 Å². The van der Waals surface area contributed by atoms with Crippen molar-refractivity contribution in [2.24, 2.45) is 5.41 Å². The molecule has 120 valence electrons. The van der Waals surface area contributed by atoms with Crippen LogP contribution in [0.5, 0.6) is 0 Å². The van der Waals surface area contributed by atoms with E-state index >= 15 is 0 Å². The van der Waals surface area contributed by atoms with Crippen LogP contribution in [0.25, 0.3) is 0 Å². The quantitative estimate of drug-likeness (QED) is 0.715. The second-order valence-electron chi connectivity index (χ2n) is 6.52. The van der Waals surface area contributed by atoms with Crippen LogP contribution in [0.3, 0.4) is 0 Å². The molecule has 0 spiro atoms. The SMILES string of the molecule is CCC(CC)(CCl)CNCc1ccn(C2CCCCC2)n1. The van der Waals surface area contributed by atoms with Crippen LogP contribution >= 0.6 is 11.6 Å². The topological polar surface area (TPSA) is 29.9 Å². The molecule has 0 aromatic carbocycles. The van der Waals surface area contributed by atoms with E-state index in [0.29, 0.717) is 6.04 Å². The number of hydrogen-bond acceptors (Lipinski definition) is 2. The summed E-state index contributed by atoms with van der Waals surface area (Å²) in [7, 11) is 0. The van der Waals surface area contributed by atoms with E-state index in [1.165, 1.54) is 32.1 Å². The molecule has 3 nitrogen and oxygen atoms in total. The normalized spacial score (nSPS) is 17.3. The molecular formula is C17H30ClN3. The third kappa shape index (κ3) is 4.46. The van der Waals surface area contributed by atoms with Crippen LogP contribution in [0.15, 0.2) is 12.3 Å². The zero-order chi connectivity index (χ0) is 15.1. The first kappa shape index (κ1) is 16.8. The van der Waals surface area contributed by atoms with Gasteiger partial charge < -0.3 is 5.32 Å². The largest absolute Gasteiger partial charge is 0.311 e. The number of alkyl halides is 1. The van der Waals surface area contributed by atoms with Gasteiger partial charge in [0.1, 0.15) is 0 Å². The lowest BCUT2D eigenvalue weighted by Crippen LogP contribution is -2.34. The second-order valence-corrected chi connectivity index (χ2v) is 6.79. The van der Waals surface area contributed by atoms with Crippen LogP contribution in [0.1, 0.15) is 70.5 Å². The summed E-state index contributed by atoms with van der Waals surface area (Å²) in [4.78, 5) is 0. The first-order valence-corrected chi connectivity index (χ1v) is 9.07. The van der Waals surface area contributed by atoms with Crippen LogP contribution in [0.2, 0.25) is 0 Å². The third-order valence-corrected chi connectivity index (χ3v) is 5.77. The van der Waals surface area contributed by atoms with Crippen molar-refractivity contribution in [2.75, 3.05) is 12.4 Å². The maximum absolute atomic E-state index is 6.15. The Bertz CT molecular complexity index is 398. The molecule has 0 bridgehead atoms. The molecule has 1 fully saturated rings. The van der Waals surface area contributed by atoms with Gasteiger partial charge in [-0.1, -0.05) is 33.1 Å². The smallest absolute Gasteiger partial charge is 0.0762 e. The Morgan fingerprint density at radius 3 is 2.62 bits per heavy atom. The summed E-state index contributed by atoms with van der Waals surface area (Å²) >= 11 is 6.15. The number of halogens is 1. The summed E-state index contributed by atoms with van der Waals surface area (Å²) in [6.45, 7) is 6.27. The highest BCUT2D eigenvalue weighted by atomic mass is 35.5. The monoisotopic (exact) mass is 311 g/mol. The Balaban J connectivity index is 1.82. The molecule has 21 heavy (non-hydrogen) atoms. The maximum atomic E-state index is 6.15. The predicted molar refractivity (Wildman–Crippen MR) is 89.8 cm³/mol. The molecule has 1 heterocycles. The molecule has 1 aromatic rings. The van der Waals surface area contributed by atoms with Crippen LogP contribution in [0, 0.1) is 5.41 Å². The highest BCUT2D eigenvalue weighted by molar-refractivity contribution is 6.18. The van der Waals surface area contributed by atoms with E-state index in [0.717, 1.165) is 37.5 Å². The molecule has 0 amide bonds. The Kier molecular flexibility index (Phi) is 6.56. The van der Waals surface area contributed by atoms with Gasteiger partial charge in [-0.25, -0.2) is 0 Å². The molecule has 0 saturated heterocycles. The Hall–Kier alpha value is -0.540. The Labute approximate surface area is 134 Å². The Morgan fingerprint density at radius 1 is 1.29 bits per heavy atom. The lowest BCUT2D eigenvalue weighted by Gasteiger charge is -2.29. The Morgan fingerprint density at radius 2 is 2.00 bits per heavy atom. The number of nitrogens with one attached hydrogen (secondary N) is 1. The molecule has 1 aliphatic carbocycles. The fourth-order valence-electron chi connectivity index (χ4n) is 3.21. The van der Waals surface area contributed by atoms with Gasteiger partial charge in [-0.2, -0.15) is 5.10 Å². The van der Waals surface area contributed by atoms with E-state index in [1.807, 2.05) is 0 Å². The molecule has 0 radical (unpaired) electrons. The minimum atomic E-state index is 0.230. The van der Waals surface area contributed by atoms with E-state index in [9.17, 15) is 0 Å². The summed E-state index contributed by atoms with van der Waals surface area (Å²) in [5.41, 5.74) is 1.38. The third-order valence-electron chi connectivity index (χ3n) is 5.20. The molecule has 0 aliphatic heterocycles. The van der Waals surface area contributed by atoms with Gasteiger partial charge in [0, 0.05) is 25.2 Å². The van der Waals surface area contributed by atoms with Crippen molar-refractivity contribution in [3.8, 4) is 0 Å². The van der Waals surface area contributed by atoms with Gasteiger partial charge in [-0.05, 0) is 37.2 Å². The fraction of sp³-hybridized carbons (Fsp3) is 0.824. The van der Waals surface area contributed by atoms with Crippen molar-refractivity contribution < 1.29 is 0 Å². The van der Waals surface area contributed by atoms with E-state index in [1.54, 1.807) is 0 Å².